The normalized spacial score (nSPS) is 10.9. The Morgan fingerprint density at radius 1 is 1.07 bits per heavy atom. The molecule has 29 heavy (non-hydrogen) atoms. The summed E-state index contributed by atoms with van der Waals surface area (Å²) in [5, 5.41) is 8.04. The van der Waals surface area contributed by atoms with E-state index in [1.54, 1.807) is 42.5 Å². The van der Waals surface area contributed by atoms with Crippen LogP contribution in [0.5, 0.6) is 5.75 Å². The van der Waals surface area contributed by atoms with Gasteiger partial charge in [0, 0.05) is 28.5 Å². The van der Waals surface area contributed by atoms with Gasteiger partial charge in [0.25, 0.3) is 5.56 Å². The van der Waals surface area contributed by atoms with E-state index in [9.17, 15) is 14.4 Å². The second-order valence-corrected chi connectivity index (χ2v) is 6.34. The van der Waals surface area contributed by atoms with Gasteiger partial charge < -0.3 is 13.9 Å². The summed E-state index contributed by atoms with van der Waals surface area (Å²) in [5.41, 5.74) is 0.399. The van der Waals surface area contributed by atoms with Crippen molar-refractivity contribution in [2.45, 2.75) is 13.0 Å². The number of nitrogens with zero attached hydrogens (tertiary/aromatic N) is 1. The Bertz CT molecular complexity index is 1340. The summed E-state index contributed by atoms with van der Waals surface area (Å²) in [5.74, 6) is 0.00965. The summed E-state index contributed by atoms with van der Waals surface area (Å²) < 4.78 is 15.7. The molecule has 0 bridgehead atoms. The van der Waals surface area contributed by atoms with E-state index < -0.39 is 11.6 Å². The Morgan fingerprint density at radius 2 is 1.86 bits per heavy atom. The van der Waals surface area contributed by atoms with Crippen LogP contribution in [-0.4, -0.2) is 23.3 Å². The SMILES string of the molecule is COc1ccc2c(COC(=O)Cc3n[nH]c(=O)c4ccccc34)cc(=O)oc2c1. The van der Waals surface area contributed by atoms with Gasteiger partial charge in [0.05, 0.1) is 24.6 Å². The fourth-order valence-electron chi connectivity index (χ4n) is 3.11. The van der Waals surface area contributed by atoms with Crippen molar-refractivity contribution in [1.29, 1.82) is 0 Å². The summed E-state index contributed by atoms with van der Waals surface area (Å²) >= 11 is 0. The van der Waals surface area contributed by atoms with E-state index in [0.717, 1.165) is 0 Å². The van der Waals surface area contributed by atoms with Gasteiger partial charge >= 0.3 is 11.6 Å². The predicted octanol–water partition coefficient (Wildman–Crippen LogP) is 2.32. The molecule has 0 saturated heterocycles. The maximum atomic E-state index is 12.4. The highest BCUT2D eigenvalue weighted by molar-refractivity contribution is 5.87. The van der Waals surface area contributed by atoms with Gasteiger partial charge in [0.1, 0.15) is 17.9 Å². The lowest BCUT2D eigenvalue weighted by atomic mass is 10.1. The third-order valence-corrected chi connectivity index (χ3v) is 4.51. The van der Waals surface area contributed by atoms with E-state index in [-0.39, 0.29) is 18.6 Å². The summed E-state index contributed by atoms with van der Waals surface area (Å²) in [6, 6.07) is 13.2. The Labute approximate surface area is 163 Å². The second kappa shape index (κ2) is 7.59. The van der Waals surface area contributed by atoms with Crippen molar-refractivity contribution in [3.05, 3.63) is 80.6 Å². The number of methoxy groups -OCH3 is 1. The van der Waals surface area contributed by atoms with E-state index in [1.165, 1.54) is 13.2 Å². The molecule has 4 aromatic rings. The molecule has 0 spiro atoms. The maximum absolute atomic E-state index is 12.4. The zero-order valence-electron chi connectivity index (χ0n) is 15.4. The number of carbonyl (C=O) groups is 1. The van der Waals surface area contributed by atoms with E-state index in [2.05, 4.69) is 10.2 Å². The highest BCUT2D eigenvalue weighted by Crippen LogP contribution is 2.23. The number of fused-ring (bicyclic) bond motifs is 2. The van der Waals surface area contributed by atoms with Crippen LogP contribution >= 0.6 is 0 Å². The summed E-state index contributed by atoms with van der Waals surface area (Å²) in [4.78, 5) is 36.0. The molecule has 0 amide bonds. The lowest BCUT2D eigenvalue weighted by molar-refractivity contribution is -0.144. The molecule has 0 aliphatic rings. The van der Waals surface area contributed by atoms with Crippen LogP contribution in [0.1, 0.15) is 11.3 Å². The maximum Gasteiger partial charge on any atom is 0.336 e. The smallest absolute Gasteiger partial charge is 0.336 e. The zero-order valence-corrected chi connectivity index (χ0v) is 15.4. The van der Waals surface area contributed by atoms with Gasteiger partial charge in [0.2, 0.25) is 0 Å². The fourth-order valence-corrected chi connectivity index (χ4v) is 3.11. The van der Waals surface area contributed by atoms with Crippen LogP contribution in [0.2, 0.25) is 0 Å². The van der Waals surface area contributed by atoms with E-state index >= 15 is 0 Å². The highest BCUT2D eigenvalue weighted by atomic mass is 16.5. The third-order valence-electron chi connectivity index (χ3n) is 4.51. The molecule has 0 atom stereocenters. The average Bonchev–Trinajstić information content (AvgIpc) is 2.73. The van der Waals surface area contributed by atoms with E-state index in [4.69, 9.17) is 13.9 Å². The van der Waals surface area contributed by atoms with E-state index in [0.29, 0.717) is 38.7 Å². The molecule has 2 heterocycles. The Morgan fingerprint density at radius 3 is 2.66 bits per heavy atom. The first kappa shape index (κ1) is 18.4. The van der Waals surface area contributed by atoms with Crippen molar-refractivity contribution >= 4 is 27.7 Å². The fraction of sp³-hybridized carbons (Fsp3) is 0.143. The number of hydrogen-bond acceptors (Lipinski definition) is 7. The first-order valence-electron chi connectivity index (χ1n) is 8.78. The van der Waals surface area contributed by atoms with Crippen LogP contribution < -0.4 is 15.9 Å². The minimum Gasteiger partial charge on any atom is -0.497 e. The first-order valence-corrected chi connectivity index (χ1v) is 8.78. The van der Waals surface area contributed by atoms with Crippen molar-refractivity contribution in [2.24, 2.45) is 0 Å². The number of aromatic nitrogens is 2. The van der Waals surface area contributed by atoms with Crippen molar-refractivity contribution < 1.29 is 18.7 Å². The highest BCUT2D eigenvalue weighted by Gasteiger charge is 2.14. The molecule has 0 unspecified atom stereocenters. The Hall–Kier alpha value is -3.94. The van der Waals surface area contributed by atoms with Gasteiger partial charge in [-0.05, 0) is 18.2 Å². The molecule has 0 fully saturated rings. The van der Waals surface area contributed by atoms with Gasteiger partial charge in [-0.1, -0.05) is 18.2 Å². The van der Waals surface area contributed by atoms with Crippen LogP contribution in [0.4, 0.5) is 0 Å². The number of carbonyl (C=O) groups excluding carboxylic acids is 1. The summed E-state index contributed by atoms with van der Waals surface area (Å²) in [6.45, 7) is -0.103. The minimum absolute atomic E-state index is 0.103. The molecular formula is C21H16N2O6. The summed E-state index contributed by atoms with van der Waals surface area (Å²) in [7, 11) is 1.51. The number of rotatable bonds is 5. The molecule has 0 saturated carbocycles. The number of hydrogen-bond donors (Lipinski definition) is 1. The molecule has 0 radical (unpaired) electrons. The van der Waals surface area contributed by atoms with E-state index in [1.807, 2.05) is 0 Å². The molecule has 8 nitrogen and oxygen atoms in total. The largest absolute Gasteiger partial charge is 0.497 e. The van der Waals surface area contributed by atoms with Crippen molar-refractivity contribution in [1.82, 2.24) is 10.2 Å². The quantitative estimate of drug-likeness (QED) is 0.410. The Kier molecular flexibility index (Phi) is 4.82. The molecule has 1 N–H and O–H groups in total. The monoisotopic (exact) mass is 392 g/mol. The molecule has 0 aliphatic heterocycles. The van der Waals surface area contributed by atoms with Crippen molar-refractivity contribution in [3.63, 3.8) is 0 Å². The number of benzene rings is 2. The molecule has 0 aliphatic carbocycles. The van der Waals surface area contributed by atoms with Gasteiger partial charge in [-0.2, -0.15) is 5.10 Å². The molecule has 8 heteroatoms. The van der Waals surface area contributed by atoms with Crippen molar-refractivity contribution in [2.75, 3.05) is 7.11 Å². The number of aromatic amines is 1. The molecular weight excluding hydrogens is 376 g/mol. The van der Waals surface area contributed by atoms with Gasteiger partial charge in [-0.15, -0.1) is 0 Å². The van der Waals surface area contributed by atoms with Crippen LogP contribution in [0, 0.1) is 0 Å². The lowest BCUT2D eigenvalue weighted by Crippen LogP contribution is -2.15. The standard InChI is InChI=1S/C21H16N2O6/c1-27-13-6-7-14-12(8-20(25)29-18(14)9-13)11-28-19(24)10-17-15-4-2-3-5-16(15)21(26)23-22-17/h2-9H,10-11H2,1H3,(H,23,26). The lowest BCUT2D eigenvalue weighted by Gasteiger charge is -2.09. The average molecular weight is 392 g/mol. The molecule has 2 aromatic heterocycles. The molecule has 146 valence electrons. The Balaban J connectivity index is 1.56. The number of H-pyrrole nitrogens is 1. The van der Waals surface area contributed by atoms with Gasteiger partial charge in [-0.25, -0.2) is 9.89 Å². The van der Waals surface area contributed by atoms with Crippen molar-refractivity contribution in [3.8, 4) is 5.75 Å². The summed E-state index contributed by atoms with van der Waals surface area (Å²) in [6.07, 6.45) is -0.121. The topological polar surface area (TPSA) is 111 Å². The van der Waals surface area contributed by atoms with Crippen LogP contribution in [0.25, 0.3) is 21.7 Å². The zero-order chi connectivity index (χ0) is 20.4. The predicted molar refractivity (Wildman–Crippen MR) is 105 cm³/mol. The van der Waals surface area contributed by atoms with Crippen LogP contribution in [0.15, 0.2) is 62.5 Å². The molecule has 2 aromatic carbocycles. The second-order valence-electron chi connectivity index (χ2n) is 6.34. The number of nitrogens with one attached hydrogen (secondary N) is 1. The number of esters is 1. The van der Waals surface area contributed by atoms with Gasteiger partial charge in [0.15, 0.2) is 0 Å². The number of ether oxygens (including phenoxy) is 2. The van der Waals surface area contributed by atoms with Crippen LogP contribution in [-0.2, 0) is 22.6 Å². The third kappa shape index (κ3) is 3.73. The van der Waals surface area contributed by atoms with Crippen LogP contribution in [0.3, 0.4) is 0 Å². The molecule has 4 rings (SSSR count). The van der Waals surface area contributed by atoms with Gasteiger partial charge in [-0.3, -0.25) is 9.59 Å². The first-order chi connectivity index (χ1) is 14.0. The minimum atomic E-state index is -0.551.